The Kier molecular flexibility index (Phi) is 3.20. The van der Waals surface area contributed by atoms with Crippen LogP contribution in [0.3, 0.4) is 0 Å². The number of carboxylic acids is 1. The molecule has 2 nitrogen and oxygen atoms in total. The maximum atomic E-state index is 10.7. The molecule has 1 aromatic carbocycles. The molecule has 1 fully saturated rings. The van der Waals surface area contributed by atoms with Crippen LogP contribution in [0.25, 0.3) is 0 Å². The van der Waals surface area contributed by atoms with Crippen LogP contribution >= 0.6 is 11.6 Å². The van der Waals surface area contributed by atoms with E-state index in [4.69, 9.17) is 16.7 Å². The Morgan fingerprint density at radius 3 is 2.81 bits per heavy atom. The highest BCUT2D eigenvalue weighted by atomic mass is 35.5. The van der Waals surface area contributed by atoms with Crippen LogP contribution in [0.2, 0.25) is 5.02 Å². The van der Waals surface area contributed by atoms with Crippen molar-refractivity contribution in [2.75, 3.05) is 0 Å². The van der Waals surface area contributed by atoms with Gasteiger partial charge in [-0.25, -0.2) is 0 Å². The fourth-order valence-corrected chi connectivity index (χ4v) is 2.59. The van der Waals surface area contributed by atoms with E-state index in [9.17, 15) is 4.79 Å². The average Bonchev–Trinajstić information content (AvgIpc) is 2.97. The first-order valence-corrected chi connectivity index (χ1v) is 5.94. The summed E-state index contributed by atoms with van der Waals surface area (Å²) >= 11 is 6.11. The van der Waals surface area contributed by atoms with Gasteiger partial charge >= 0.3 is 5.97 Å². The molecule has 16 heavy (non-hydrogen) atoms. The van der Waals surface area contributed by atoms with Crippen LogP contribution in [-0.4, -0.2) is 11.1 Å². The van der Waals surface area contributed by atoms with Crippen molar-refractivity contribution < 1.29 is 9.90 Å². The zero-order chi connectivity index (χ0) is 11.7. The molecule has 1 saturated carbocycles. The molecule has 0 saturated heterocycles. The number of carboxylic acid groups (broad SMARTS) is 1. The largest absolute Gasteiger partial charge is 0.481 e. The molecule has 86 valence electrons. The van der Waals surface area contributed by atoms with E-state index >= 15 is 0 Å². The predicted octanol–water partition coefficient (Wildman–Crippen LogP) is 3.55. The Morgan fingerprint density at radius 2 is 2.25 bits per heavy atom. The van der Waals surface area contributed by atoms with Gasteiger partial charge in [-0.3, -0.25) is 4.79 Å². The minimum Gasteiger partial charge on any atom is -0.481 e. The van der Waals surface area contributed by atoms with Crippen molar-refractivity contribution in [3.63, 3.8) is 0 Å². The van der Waals surface area contributed by atoms with Crippen molar-refractivity contribution in [2.45, 2.75) is 25.7 Å². The van der Waals surface area contributed by atoms with Gasteiger partial charge in [0, 0.05) is 5.02 Å². The first-order chi connectivity index (χ1) is 7.59. The molecule has 0 aliphatic heterocycles. The van der Waals surface area contributed by atoms with E-state index in [0.29, 0.717) is 11.8 Å². The van der Waals surface area contributed by atoms with Crippen molar-refractivity contribution in [3.05, 3.63) is 34.9 Å². The van der Waals surface area contributed by atoms with Gasteiger partial charge in [-0.15, -0.1) is 0 Å². The van der Waals surface area contributed by atoms with Gasteiger partial charge in [-0.1, -0.05) is 36.7 Å². The summed E-state index contributed by atoms with van der Waals surface area (Å²) in [6.07, 6.45) is 1.74. The highest BCUT2D eigenvalue weighted by Crippen LogP contribution is 2.45. The highest BCUT2D eigenvalue weighted by Gasteiger charge is 2.43. The molecule has 1 N–H and O–H groups in total. The highest BCUT2D eigenvalue weighted by molar-refractivity contribution is 6.31. The van der Waals surface area contributed by atoms with Gasteiger partial charge in [-0.2, -0.15) is 0 Å². The Bertz CT molecular complexity index is 403. The van der Waals surface area contributed by atoms with Crippen LogP contribution in [0.5, 0.6) is 0 Å². The summed E-state index contributed by atoms with van der Waals surface area (Å²) in [6.45, 7) is 2.11. The number of hydrogen-bond acceptors (Lipinski definition) is 1. The lowest BCUT2D eigenvalue weighted by Crippen LogP contribution is -2.02. The zero-order valence-corrected chi connectivity index (χ0v) is 9.95. The van der Waals surface area contributed by atoms with Gasteiger partial charge in [0.1, 0.15) is 0 Å². The van der Waals surface area contributed by atoms with E-state index in [-0.39, 0.29) is 5.92 Å². The number of hydrogen-bond donors (Lipinski definition) is 1. The van der Waals surface area contributed by atoms with Crippen molar-refractivity contribution in [1.82, 2.24) is 0 Å². The number of rotatable bonds is 4. The van der Waals surface area contributed by atoms with Gasteiger partial charge in [-0.05, 0) is 36.3 Å². The van der Waals surface area contributed by atoms with E-state index in [1.54, 1.807) is 0 Å². The zero-order valence-electron chi connectivity index (χ0n) is 9.19. The van der Waals surface area contributed by atoms with Gasteiger partial charge in [0.25, 0.3) is 0 Å². The van der Waals surface area contributed by atoms with Gasteiger partial charge in [0.2, 0.25) is 0 Å². The third-order valence-corrected chi connectivity index (χ3v) is 3.68. The minimum atomic E-state index is -0.656. The summed E-state index contributed by atoms with van der Waals surface area (Å²) in [4.78, 5) is 10.7. The Morgan fingerprint density at radius 1 is 1.56 bits per heavy atom. The summed E-state index contributed by atoms with van der Waals surface area (Å²) in [5.74, 6) is -0.104. The fourth-order valence-electron chi connectivity index (χ4n) is 2.27. The molecule has 0 radical (unpaired) electrons. The standard InChI is InChI=1S/C13H15ClO2/c1-8(6-9-7-11(9)13(15)16)10-4-2-3-5-12(10)14/h2-5,8-9,11H,6-7H2,1H3,(H,15,16). The quantitative estimate of drug-likeness (QED) is 0.871. The van der Waals surface area contributed by atoms with Crippen LogP contribution in [-0.2, 0) is 4.79 Å². The Labute approximate surface area is 100 Å². The molecule has 2 rings (SSSR count). The molecule has 0 bridgehead atoms. The molecule has 1 aliphatic carbocycles. The van der Waals surface area contributed by atoms with Crippen LogP contribution in [0.4, 0.5) is 0 Å². The first-order valence-electron chi connectivity index (χ1n) is 5.57. The summed E-state index contributed by atoms with van der Waals surface area (Å²) in [7, 11) is 0. The van der Waals surface area contributed by atoms with E-state index in [0.717, 1.165) is 23.4 Å². The maximum absolute atomic E-state index is 10.7. The second-order valence-corrected chi connectivity index (χ2v) is 5.01. The van der Waals surface area contributed by atoms with Crippen LogP contribution in [0.1, 0.15) is 31.2 Å². The number of halogens is 1. The van der Waals surface area contributed by atoms with Crippen LogP contribution < -0.4 is 0 Å². The van der Waals surface area contributed by atoms with Gasteiger partial charge in [0.05, 0.1) is 5.92 Å². The van der Waals surface area contributed by atoms with E-state index in [1.165, 1.54) is 0 Å². The molecule has 0 aromatic heterocycles. The van der Waals surface area contributed by atoms with Gasteiger partial charge < -0.3 is 5.11 Å². The summed E-state index contributed by atoms with van der Waals surface area (Å²) < 4.78 is 0. The maximum Gasteiger partial charge on any atom is 0.306 e. The van der Waals surface area contributed by atoms with E-state index in [2.05, 4.69) is 6.92 Å². The lowest BCUT2D eigenvalue weighted by atomic mass is 9.95. The fraction of sp³-hybridized carbons (Fsp3) is 0.462. The minimum absolute atomic E-state index is 0.120. The lowest BCUT2D eigenvalue weighted by molar-refractivity contribution is -0.138. The van der Waals surface area contributed by atoms with Crippen molar-refractivity contribution >= 4 is 17.6 Å². The predicted molar refractivity (Wildman–Crippen MR) is 63.7 cm³/mol. The molecular weight excluding hydrogens is 224 g/mol. The molecule has 3 unspecified atom stereocenters. The third-order valence-electron chi connectivity index (χ3n) is 3.33. The normalized spacial score (nSPS) is 25.1. The third kappa shape index (κ3) is 2.38. The smallest absolute Gasteiger partial charge is 0.306 e. The number of benzene rings is 1. The lowest BCUT2D eigenvalue weighted by Gasteiger charge is -2.12. The van der Waals surface area contributed by atoms with Crippen LogP contribution in [0.15, 0.2) is 24.3 Å². The molecule has 0 heterocycles. The first kappa shape index (κ1) is 11.5. The Hall–Kier alpha value is -1.02. The van der Waals surface area contributed by atoms with Crippen molar-refractivity contribution in [3.8, 4) is 0 Å². The number of aliphatic carboxylic acids is 1. The summed E-state index contributed by atoms with van der Waals surface area (Å²) in [5.41, 5.74) is 1.13. The molecule has 1 aliphatic rings. The van der Waals surface area contributed by atoms with Crippen LogP contribution in [0, 0.1) is 11.8 Å². The van der Waals surface area contributed by atoms with Gasteiger partial charge in [0.15, 0.2) is 0 Å². The van der Waals surface area contributed by atoms with E-state index < -0.39 is 5.97 Å². The molecular formula is C13H15ClO2. The summed E-state index contributed by atoms with van der Waals surface area (Å²) in [6, 6.07) is 7.79. The molecule has 1 aromatic rings. The molecule has 0 spiro atoms. The monoisotopic (exact) mass is 238 g/mol. The average molecular weight is 239 g/mol. The summed E-state index contributed by atoms with van der Waals surface area (Å²) in [5, 5.41) is 9.62. The second-order valence-electron chi connectivity index (χ2n) is 4.60. The van der Waals surface area contributed by atoms with E-state index in [1.807, 2.05) is 24.3 Å². The second kappa shape index (κ2) is 4.46. The number of carbonyl (C=O) groups is 1. The molecule has 3 heteroatoms. The SMILES string of the molecule is CC(CC1CC1C(=O)O)c1ccccc1Cl. The van der Waals surface area contributed by atoms with Crippen molar-refractivity contribution in [1.29, 1.82) is 0 Å². The molecule has 0 amide bonds. The topological polar surface area (TPSA) is 37.3 Å². The Balaban J connectivity index is 1.97. The van der Waals surface area contributed by atoms with Crippen molar-refractivity contribution in [2.24, 2.45) is 11.8 Å². The molecule has 3 atom stereocenters.